The van der Waals surface area contributed by atoms with Crippen LogP contribution in [0.3, 0.4) is 0 Å². The lowest BCUT2D eigenvalue weighted by Crippen LogP contribution is -2.28. The van der Waals surface area contributed by atoms with E-state index in [-0.39, 0.29) is 11.9 Å². The van der Waals surface area contributed by atoms with Crippen molar-refractivity contribution in [3.63, 3.8) is 0 Å². The van der Waals surface area contributed by atoms with Crippen LogP contribution in [0.5, 0.6) is 0 Å². The summed E-state index contributed by atoms with van der Waals surface area (Å²) in [6.45, 7) is 2.85. The van der Waals surface area contributed by atoms with E-state index in [9.17, 15) is 4.79 Å². The van der Waals surface area contributed by atoms with Crippen LogP contribution in [0.15, 0.2) is 79.1 Å². The minimum Gasteiger partial charge on any atom is -0.381 e. The van der Waals surface area contributed by atoms with Crippen LogP contribution in [0.2, 0.25) is 0 Å². The Bertz CT molecular complexity index is 833. The molecular formula is C23H25N3O. The van der Waals surface area contributed by atoms with Crippen molar-refractivity contribution in [1.82, 2.24) is 10.3 Å². The number of hydrogen-bond donors (Lipinski definition) is 2. The van der Waals surface area contributed by atoms with Crippen LogP contribution in [0, 0.1) is 0 Å². The normalized spacial score (nSPS) is 11.6. The minimum absolute atomic E-state index is 0.0354. The average Bonchev–Trinajstić information content (AvgIpc) is 2.73. The summed E-state index contributed by atoms with van der Waals surface area (Å²) in [4.78, 5) is 16.7. The second kappa shape index (κ2) is 9.53. The van der Waals surface area contributed by atoms with Gasteiger partial charge in [-0.1, -0.05) is 43.7 Å². The molecule has 0 saturated carbocycles. The van der Waals surface area contributed by atoms with Crippen molar-refractivity contribution in [1.29, 1.82) is 0 Å². The zero-order valence-electron chi connectivity index (χ0n) is 15.6. The topological polar surface area (TPSA) is 54.0 Å². The lowest BCUT2D eigenvalue weighted by molar-refractivity contribution is 0.0934. The Morgan fingerprint density at radius 1 is 0.963 bits per heavy atom. The first-order valence-electron chi connectivity index (χ1n) is 9.35. The molecule has 1 heterocycles. The monoisotopic (exact) mass is 359 g/mol. The summed E-state index contributed by atoms with van der Waals surface area (Å²) in [6.07, 6.45) is 5.49. The third kappa shape index (κ3) is 5.42. The van der Waals surface area contributed by atoms with E-state index in [0.717, 1.165) is 36.2 Å². The molecule has 4 nitrogen and oxygen atoms in total. The zero-order chi connectivity index (χ0) is 18.9. The van der Waals surface area contributed by atoms with Gasteiger partial charge in [-0.15, -0.1) is 0 Å². The Balaban J connectivity index is 1.61. The molecule has 0 saturated heterocycles. The summed E-state index contributed by atoms with van der Waals surface area (Å²) in [7, 11) is 0. The van der Waals surface area contributed by atoms with Gasteiger partial charge in [0.2, 0.25) is 0 Å². The second-order valence-corrected chi connectivity index (χ2v) is 6.51. The van der Waals surface area contributed by atoms with Gasteiger partial charge in [0.1, 0.15) is 0 Å². The Labute approximate surface area is 160 Å². The molecule has 0 spiro atoms. The molecule has 3 rings (SSSR count). The van der Waals surface area contributed by atoms with Crippen molar-refractivity contribution in [3.05, 3.63) is 95.8 Å². The SMILES string of the molecule is CCCC(NC(=O)c1ccc(NCc2ccncc2)cc1)c1ccccc1. The number of nitrogens with one attached hydrogen (secondary N) is 2. The van der Waals surface area contributed by atoms with E-state index in [2.05, 4.69) is 34.7 Å². The Morgan fingerprint density at radius 2 is 1.67 bits per heavy atom. The largest absolute Gasteiger partial charge is 0.381 e. The van der Waals surface area contributed by atoms with Crippen LogP contribution in [0.4, 0.5) is 5.69 Å². The van der Waals surface area contributed by atoms with Crippen LogP contribution < -0.4 is 10.6 Å². The van der Waals surface area contributed by atoms with Crippen LogP contribution >= 0.6 is 0 Å². The van der Waals surface area contributed by atoms with Crippen molar-refractivity contribution in [2.75, 3.05) is 5.32 Å². The van der Waals surface area contributed by atoms with E-state index in [4.69, 9.17) is 0 Å². The fraction of sp³-hybridized carbons (Fsp3) is 0.217. The molecule has 0 bridgehead atoms. The first-order chi connectivity index (χ1) is 13.3. The molecule has 2 N–H and O–H groups in total. The van der Waals surface area contributed by atoms with Gasteiger partial charge in [-0.2, -0.15) is 0 Å². The van der Waals surface area contributed by atoms with E-state index >= 15 is 0 Å². The van der Waals surface area contributed by atoms with Gasteiger partial charge in [-0.05, 0) is 53.9 Å². The second-order valence-electron chi connectivity index (χ2n) is 6.51. The Morgan fingerprint density at radius 3 is 2.33 bits per heavy atom. The van der Waals surface area contributed by atoms with Gasteiger partial charge in [0.05, 0.1) is 6.04 Å². The molecule has 0 aliphatic rings. The predicted octanol–water partition coefficient (Wildman–Crippen LogP) is 4.96. The van der Waals surface area contributed by atoms with E-state index in [1.165, 1.54) is 0 Å². The lowest BCUT2D eigenvalue weighted by Gasteiger charge is -2.19. The number of amides is 1. The summed E-state index contributed by atoms with van der Waals surface area (Å²) in [5, 5.41) is 6.52. The van der Waals surface area contributed by atoms with Crippen molar-refractivity contribution in [2.24, 2.45) is 0 Å². The molecule has 0 aliphatic carbocycles. The molecule has 1 atom stereocenters. The van der Waals surface area contributed by atoms with Gasteiger partial charge in [-0.25, -0.2) is 0 Å². The number of aromatic nitrogens is 1. The summed E-state index contributed by atoms with van der Waals surface area (Å²) < 4.78 is 0. The van der Waals surface area contributed by atoms with E-state index in [0.29, 0.717) is 5.56 Å². The average molecular weight is 359 g/mol. The highest BCUT2D eigenvalue weighted by molar-refractivity contribution is 5.94. The van der Waals surface area contributed by atoms with Crippen molar-refractivity contribution >= 4 is 11.6 Å². The van der Waals surface area contributed by atoms with Crippen LogP contribution in [-0.4, -0.2) is 10.9 Å². The fourth-order valence-electron chi connectivity index (χ4n) is 2.98. The first kappa shape index (κ1) is 18.6. The maximum Gasteiger partial charge on any atom is 0.251 e. The highest BCUT2D eigenvalue weighted by Crippen LogP contribution is 2.19. The molecule has 0 radical (unpaired) electrons. The smallest absolute Gasteiger partial charge is 0.251 e. The number of pyridine rings is 1. The summed E-state index contributed by atoms with van der Waals surface area (Å²) >= 11 is 0. The van der Waals surface area contributed by atoms with Gasteiger partial charge >= 0.3 is 0 Å². The Kier molecular flexibility index (Phi) is 6.58. The number of rotatable bonds is 8. The first-order valence-corrected chi connectivity index (χ1v) is 9.35. The highest BCUT2D eigenvalue weighted by atomic mass is 16.1. The zero-order valence-corrected chi connectivity index (χ0v) is 15.6. The number of anilines is 1. The highest BCUT2D eigenvalue weighted by Gasteiger charge is 2.14. The molecule has 3 aromatic rings. The van der Waals surface area contributed by atoms with E-state index in [1.807, 2.05) is 54.6 Å². The minimum atomic E-state index is -0.0435. The number of benzene rings is 2. The standard InChI is InChI=1S/C23H25N3O/c1-2-6-22(19-7-4-3-5-8-19)26-23(27)20-9-11-21(12-10-20)25-17-18-13-15-24-16-14-18/h3-5,7-16,22,25H,2,6,17H2,1H3,(H,26,27). The maximum atomic E-state index is 12.7. The van der Waals surface area contributed by atoms with E-state index in [1.54, 1.807) is 12.4 Å². The molecule has 4 heteroatoms. The number of carbonyl (C=O) groups is 1. The number of nitrogens with zero attached hydrogens (tertiary/aromatic N) is 1. The summed E-state index contributed by atoms with van der Waals surface area (Å²) in [6, 6.07) is 21.7. The molecule has 0 aliphatic heterocycles. The quantitative estimate of drug-likeness (QED) is 0.597. The van der Waals surface area contributed by atoms with Gasteiger partial charge in [-0.3, -0.25) is 9.78 Å². The molecule has 2 aromatic carbocycles. The predicted molar refractivity (Wildman–Crippen MR) is 110 cm³/mol. The van der Waals surface area contributed by atoms with Crippen molar-refractivity contribution < 1.29 is 4.79 Å². The molecule has 1 amide bonds. The van der Waals surface area contributed by atoms with Crippen LogP contribution in [-0.2, 0) is 6.54 Å². The van der Waals surface area contributed by atoms with Crippen LogP contribution in [0.25, 0.3) is 0 Å². The molecule has 27 heavy (non-hydrogen) atoms. The summed E-state index contributed by atoms with van der Waals surface area (Å²) in [5.41, 5.74) is 3.96. The molecule has 1 unspecified atom stereocenters. The van der Waals surface area contributed by atoms with Crippen molar-refractivity contribution in [3.8, 4) is 0 Å². The van der Waals surface area contributed by atoms with Gasteiger partial charge in [0, 0.05) is 30.2 Å². The Hall–Kier alpha value is -3.14. The number of hydrogen-bond acceptors (Lipinski definition) is 3. The maximum absolute atomic E-state index is 12.7. The van der Waals surface area contributed by atoms with Gasteiger partial charge in [0.15, 0.2) is 0 Å². The van der Waals surface area contributed by atoms with Gasteiger partial charge in [0.25, 0.3) is 5.91 Å². The number of carbonyl (C=O) groups excluding carboxylic acids is 1. The molecule has 0 fully saturated rings. The van der Waals surface area contributed by atoms with E-state index < -0.39 is 0 Å². The summed E-state index contributed by atoms with van der Waals surface area (Å²) in [5.74, 6) is -0.0435. The third-order valence-corrected chi connectivity index (χ3v) is 4.48. The third-order valence-electron chi connectivity index (χ3n) is 4.48. The molecule has 138 valence electrons. The fourth-order valence-corrected chi connectivity index (χ4v) is 2.98. The van der Waals surface area contributed by atoms with Gasteiger partial charge < -0.3 is 10.6 Å². The molecular weight excluding hydrogens is 334 g/mol. The van der Waals surface area contributed by atoms with Crippen LogP contribution in [0.1, 0.15) is 47.3 Å². The molecule has 1 aromatic heterocycles. The van der Waals surface area contributed by atoms with Crippen molar-refractivity contribution in [2.45, 2.75) is 32.4 Å². The lowest BCUT2D eigenvalue weighted by atomic mass is 10.0.